The van der Waals surface area contributed by atoms with E-state index in [4.69, 9.17) is 4.42 Å². The zero-order valence-corrected chi connectivity index (χ0v) is 11.2. The molecule has 2 aromatic rings. The zero-order chi connectivity index (χ0) is 12.5. The average molecular weight is 243 g/mol. The van der Waals surface area contributed by atoms with Crippen molar-refractivity contribution >= 4 is 11.0 Å². The molecule has 0 bridgehead atoms. The number of furan rings is 1. The average Bonchev–Trinajstić information content (AvgIpc) is 2.77. The van der Waals surface area contributed by atoms with E-state index in [1.165, 1.54) is 42.4 Å². The van der Waals surface area contributed by atoms with E-state index in [-0.39, 0.29) is 0 Å². The number of benzene rings is 1. The molecule has 18 heavy (non-hydrogen) atoms. The molecule has 0 aliphatic heterocycles. The zero-order valence-electron chi connectivity index (χ0n) is 11.2. The molecule has 2 heteroatoms. The summed E-state index contributed by atoms with van der Waals surface area (Å²) in [4.78, 5) is 0. The van der Waals surface area contributed by atoms with Crippen molar-refractivity contribution in [3.8, 4) is 0 Å². The molecule has 0 amide bonds. The van der Waals surface area contributed by atoms with Crippen molar-refractivity contribution in [2.24, 2.45) is 0 Å². The van der Waals surface area contributed by atoms with Crippen molar-refractivity contribution in [2.45, 2.75) is 44.6 Å². The lowest BCUT2D eigenvalue weighted by Crippen LogP contribution is -2.29. The number of rotatable bonds is 2. The van der Waals surface area contributed by atoms with Crippen molar-refractivity contribution in [1.82, 2.24) is 5.32 Å². The highest BCUT2D eigenvalue weighted by Crippen LogP contribution is 2.38. The van der Waals surface area contributed by atoms with Crippen LogP contribution in [-0.4, -0.2) is 13.1 Å². The Balaban J connectivity index is 1.89. The van der Waals surface area contributed by atoms with Crippen molar-refractivity contribution in [2.75, 3.05) is 7.05 Å². The largest absolute Gasteiger partial charge is 0.460 e. The third-order valence-corrected chi connectivity index (χ3v) is 4.39. The molecule has 1 saturated carbocycles. The Kier molecular flexibility index (Phi) is 3.13. The normalized spacial score (nSPS) is 24.6. The molecular weight excluding hydrogens is 222 g/mol. The summed E-state index contributed by atoms with van der Waals surface area (Å²) < 4.78 is 6.09. The van der Waals surface area contributed by atoms with Crippen LogP contribution < -0.4 is 5.32 Å². The number of hydrogen-bond donors (Lipinski definition) is 1. The lowest BCUT2D eigenvalue weighted by Gasteiger charge is -2.27. The van der Waals surface area contributed by atoms with Gasteiger partial charge in [-0.3, -0.25) is 0 Å². The molecule has 1 aromatic carbocycles. The van der Waals surface area contributed by atoms with E-state index < -0.39 is 0 Å². The van der Waals surface area contributed by atoms with Gasteiger partial charge in [-0.2, -0.15) is 0 Å². The van der Waals surface area contributed by atoms with Crippen LogP contribution in [0, 0.1) is 6.92 Å². The van der Waals surface area contributed by atoms with Crippen molar-refractivity contribution in [3.05, 3.63) is 35.6 Å². The van der Waals surface area contributed by atoms with E-state index in [0.29, 0.717) is 12.0 Å². The fourth-order valence-corrected chi connectivity index (χ4v) is 3.23. The molecular formula is C16H21NO. The molecule has 0 atom stereocenters. The molecule has 2 nitrogen and oxygen atoms in total. The first-order valence-corrected chi connectivity index (χ1v) is 6.95. The summed E-state index contributed by atoms with van der Waals surface area (Å²) in [6.45, 7) is 2.20. The number of para-hydroxylation sites is 1. The third-order valence-electron chi connectivity index (χ3n) is 4.39. The lowest BCUT2D eigenvalue weighted by atomic mass is 9.83. The highest BCUT2D eigenvalue weighted by molar-refractivity contribution is 5.82. The van der Waals surface area contributed by atoms with Gasteiger partial charge in [0.05, 0.1) is 0 Å². The number of fused-ring (bicyclic) bond motifs is 1. The molecule has 3 rings (SSSR count). The van der Waals surface area contributed by atoms with Crippen LogP contribution in [0.1, 0.15) is 42.9 Å². The lowest BCUT2D eigenvalue weighted by molar-refractivity contribution is 0.328. The van der Waals surface area contributed by atoms with E-state index >= 15 is 0 Å². The van der Waals surface area contributed by atoms with Crippen LogP contribution in [0.2, 0.25) is 0 Å². The quantitative estimate of drug-likeness (QED) is 0.862. The minimum Gasteiger partial charge on any atom is -0.460 e. The fraction of sp³-hybridized carbons (Fsp3) is 0.500. The molecule has 1 heterocycles. The second kappa shape index (κ2) is 4.77. The van der Waals surface area contributed by atoms with E-state index in [2.05, 4.69) is 37.5 Å². The van der Waals surface area contributed by atoms with Gasteiger partial charge in [0.1, 0.15) is 11.3 Å². The molecule has 0 saturated heterocycles. The molecule has 0 spiro atoms. The van der Waals surface area contributed by atoms with Crippen LogP contribution in [0.15, 0.2) is 28.7 Å². The maximum absolute atomic E-state index is 6.09. The summed E-state index contributed by atoms with van der Waals surface area (Å²) >= 11 is 0. The third kappa shape index (κ3) is 1.95. The van der Waals surface area contributed by atoms with Gasteiger partial charge in [-0.25, -0.2) is 0 Å². The van der Waals surface area contributed by atoms with Crippen molar-refractivity contribution in [1.29, 1.82) is 0 Å². The smallest absolute Gasteiger partial charge is 0.134 e. The predicted octanol–water partition coefficient (Wildman–Crippen LogP) is 3.99. The van der Waals surface area contributed by atoms with Gasteiger partial charge < -0.3 is 9.73 Å². The Morgan fingerprint density at radius 3 is 2.50 bits per heavy atom. The highest BCUT2D eigenvalue weighted by atomic mass is 16.3. The van der Waals surface area contributed by atoms with E-state index in [0.717, 1.165) is 5.58 Å². The molecule has 1 aliphatic rings. The van der Waals surface area contributed by atoms with Crippen LogP contribution >= 0.6 is 0 Å². The summed E-state index contributed by atoms with van der Waals surface area (Å²) in [6.07, 6.45) is 5.01. The Morgan fingerprint density at radius 2 is 1.83 bits per heavy atom. The number of aryl methyl sites for hydroxylation is 1. The van der Waals surface area contributed by atoms with Crippen molar-refractivity contribution in [3.63, 3.8) is 0 Å². The summed E-state index contributed by atoms with van der Waals surface area (Å²) in [7, 11) is 2.07. The second-order valence-electron chi connectivity index (χ2n) is 5.42. The standard InChI is InChI=1S/C16H21NO/c1-11-14-5-3-4-6-15(14)18-16(11)12-7-9-13(17-2)10-8-12/h3-6,12-13,17H,7-10H2,1-2H3. The Hall–Kier alpha value is -1.28. The SMILES string of the molecule is CNC1CCC(c2oc3ccccc3c2C)CC1. The topological polar surface area (TPSA) is 25.2 Å². The predicted molar refractivity (Wildman–Crippen MR) is 75.0 cm³/mol. The molecule has 0 radical (unpaired) electrons. The Bertz CT molecular complexity index is 535. The molecule has 1 aromatic heterocycles. The molecule has 0 unspecified atom stereocenters. The maximum Gasteiger partial charge on any atom is 0.134 e. The van der Waals surface area contributed by atoms with Gasteiger partial charge in [-0.1, -0.05) is 18.2 Å². The first-order chi connectivity index (χ1) is 8.79. The summed E-state index contributed by atoms with van der Waals surface area (Å²) in [6, 6.07) is 9.08. The van der Waals surface area contributed by atoms with Crippen LogP contribution in [0.4, 0.5) is 0 Å². The number of nitrogens with one attached hydrogen (secondary N) is 1. The Labute approximate surface area is 108 Å². The van der Waals surface area contributed by atoms with Gasteiger partial charge in [0, 0.05) is 17.3 Å². The van der Waals surface area contributed by atoms with Crippen LogP contribution in [-0.2, 0) is 0 Å². The van der Waals surface area contributed by atoms with Gasteiger partial charge in [-0.05, 0) is 51.3 Å². The minimum absolute atomic E-state index is 0.613. The van der Waals surface area contributed by atoms with Gasteiger partial charge >= 0.3 is 0 Å². The first-order valence-electron chi connectivity index (χ1n) is 6.95. The fourth-order valence-electron chi connectivity index (χ4n) is 3.23. The minimum atomic E-state index is 0.613. The Morgan fingerprint density at radius 1 is 1.11 bits per heavy atom. The summed E-state index contributed by atoms with van der Waals surface area (Å²) in [5.41, 5.74) is 2.39. The van der Waals surface area contributed by atoms with E-state index in [1.807, 2.05) is 6.07 Å². The van der Waals surface area contributed by atoms with Gasteiger partial charge in [0.2, 0.25) is 0 Å². The number of hydrogen-bond acceptors (Lipinski definition) is 2. The molecule has 1 N–H and O–H groups in total. The van der Waals surface area contributed by atoms with Crippen LogP contribution in [0.3, 0.4) is 0 Å². The first kappa shape index (κ1) is 11.8. The van der Waals surface area contributed by atoms with E-state index in [9.17, 15) is 0 Å². The van der Waals surface area contributed by atoms with Crippen LogP contribution in [0.5, 0.6) is 0 Å². The monoisotopic (exact) mass is 243 g/mol. The highest BCUT2D eigenvalue weighted by Gasteiger charge is 2.25. The molecule has 1 fully saturated rings. The van der Waals surface area contributed by atoms with Gasteiger partial charge in [0.25, 0.3) is 0 Å². The van der Waals surface area contributed by atoms with Crippen LogP contribution in [0.25, 0.3) is 11.0 Å². The summed E-state index contributed by atoms with van der Waals surface area (Å²) in [5.74, 6) is 1.84. The van der Waals surface area contributed by atoms with E-state index in [1.54, 1.807) is 0 Å². The molecule has 1 aliphatic carbocycles. The second-order valence-corrected chi connectivity index (χ2v) is 5.42. The molecule has 96 valence electrons. The summed E-state index contributed by atoms with van der Waals surface area (Å²) in [5, 5.41) is 4.67. The van der Waals surface area contributed by atoms with Gasteiger partial charge in [0.15, 0.2) is 0 Å². The van der Waals surface area contributed by atoms with Crippen molar-refractivity contribution < 1.29 is 4.42 Å². The maximum atomic E-state index is 6.09. The van der Waals surface area contributed by atoms with Gasteiger partial charge in [-0.15, -0.1) is 0 Å².